The molecule has 30 heavy (non-hydrogen) atoms. The number of aryl methyl sites for hydroxylation is 1. The van der Waals surface area contributed by atoms with E-state index in [0.29, 0.717) is 23.0 Å². The summed E-state index contributed by atoms with van der Waals surface area (Å²) in [5.41, 5.74) is 2.02. The van der Waals surface area contributed by atoms with Crippen molar-refractivity contribution in [1.29, 1.82) is 0 Å². The van der Waals surface area contributed by atoms with Gasteiger partial charge in [-0.1, -0.05) is 0 Å². The number of aromatic nitrogens is 3. The van der Waals surface area contributed by atoms with Crippen LogP contribution in [0.15, 0.2) is 48.7 Å². The summed E-state index contributed by atoms with van der Waals surface area (Å²) < 4.78 is 5.06. The number of carbonyl (C=O) groups is 1. The number of nitrogens with zero attached hydrogens (tertiary/aromatic N) is 4. The number of rotatable bonds is 8. The summed E-state index contributed by atoms with van der Waals surface area (Å²) in [5, 5.41) is 6.17. The lowest BCUT2D eigenvalue weighted by Gasteiger charge is -2.20. The molecule has 8 heteroatoms. The van der Waals surface area contributed by atoms with Crippen molar-refractivity contribution >= 4 is 28.9 Å². The Hall–Kier alpha value is -3.68. The van der Waals surface area contributed by atoms with E-state index >= 15 is 0 Å². The first-order valence-corrected chi connectivity index (χ1v) is 9.81. The van der Waals surface area contributed by atoms with Crippen molar-refractivity contribution in [3.05, 3.63) is 60.0 Å². The first-order chi connectivity index (χ1) is 14.5. The van der Waals surface area contributed by atoms with Crippen LogP contribution in [0.5, 0.6) is 5.88 Å². The number of methoxy groups -OCH3 is 1. The zero-order valence-electron chi connectivity index (χ0n) is 17.6. The van der Waals surface area contributed by atoms with Gasteiger partial charge in [-0.15, -0.1) is 0 Å². The highest BCUT2D eigenvalue weighted by atomic mass is 16.5. The molecule has 8 nitrogen and oxygen atoms in total. The van der Waals surface area contributed by atoms with Crippen LogP contribution in [0.2, 0.25) is 0 Å². The molecule has 156 valence electrons. The normalized spacial score (nSPS) is 10.4. The van der Waals surface area contributed by atoms with Gasteiger partial charge < -0.3 is 20.3 Å². The van der Waals surface area contributed by atoms with Gasteiger partial charge in [0, 0.05) is 48.4 Å². The van der Waals surface area contributed by atoms with E-state index in [0.717, 1.165) is 30.4 Å². The summed E-state index contributed by atoms with van der Waals surface area (Å²) in [6, 6.07) is 12.6. The van der Waals surface area contributed by atoms with E-state index < -0.39 is 0 Å². The summed E-state index contributed by atoms with van der Waals surface area (Å²) >= 11 is 0. The topological polar surface area (TPSA) is 92.3 Å². The lowest BCUT2D eigenvalue weighted by molar-refractivity contribution is 0.102. The predicted octanol–water partition coefficient (Wildman–Crippen LogP) is 4.03. The second-order valence-electron chi connectivity index (χ2n) is 6.57. The maximum Gasteiger partial charge on any atom is 0.255 e. The van der Waals surface area contributed by atoms with E-state index in [1.54, 1.807) is 12.1 Å². The largest absolute Gasteiger partial charge is 0.481 e. The molecule has 0 saturated carbocycles. The lowest BCUT2D eigenvalue weighted by Crippen LogP contribution is -2.23. The second-order valence-corrected chi connectivity index (χ2v) is 6.57. The Morgan fingerprint density at radius 1 is 1.03 bits per heavy atom. The molecule has 0 spiro atoms. The third kappa shape index (κ3) is 5.22. The number of amides is 1. The first-order valence-electron chi connectivity index (χ1n) is 9.81. The number of ether oxygens (including phenoxy) is 1. The fraction of sp³-hybridized carbons (Fsp3) is 0.273. The summed E-state index contributed by atoms with van der Waals surface area (Å²) in [6.45, 7) is 7.84. The Bertz CT molecular complexity index is 1000. The molecule has 0 radical (unpaired) electrons. The fourth-order valence-corrected chi connectivity index (χ4v) is 2.98. The Morgan fingerprint density at radius 3 is 2.40 bits per heavy atom. The molecule has 0 atom stereocenters. The third-order valence-electron chi connectivity index (χ3n) is 4.53. The van der Waals surface area contributed by atoms with Gasteiger partial charge in [0.2, 0.25) is 5.88 Å². The van der Waals surface area contributed by atoms with Gasteiger partial charge in [-0.05, 0) is 51.1 Å². The van der Waals surface area contributed by atoms with Crippen LogP contribution in [-0.4, -0.2) is 41.1 Å². The van der Waals surface area contributed by atoms with Crippen molar-refractivity contribution in [1.82, 2.24) is 15.0 Å². The minimum absolute atomic E-state index is 0.230. The summed E-state index contributed by atoms with van der Waals surface area (Å²) in [5.74, 6) is 2.49. The van der Waals surface area contributed by atoms with Crippen molar-refractivity contribution < 1.29 is 9.53 Å². The number of benzene rings is 1. The Labute approximate surface area is 176 Å². The van der Waals surface area contributed by atoms with Gasteiger partial charge in [-0.25, -0.2) is 15.0 Å². The van der Waals surface area contributed by atoms with Gasteiger partial charge >= 0.3 is 0 Å². The maximum absolute atomic E-state index is 12.4. The van der Waals surface area contributed by atoms with E-state index in [4.69, 9.17) is 4.74 Å². The average Bonchev–Trinajstić information content (AvgIpc) is 2.75. The molecule has 3 aromatic rings. The Balaban J connectivity index is 1.69. The number of hydrogen-bond acceptors (Lipinski definition) is 7. The van der Waals surface area contributed by atoms with Gasteiger partial charge in [0.05, 0.1) is 7.11 Å². The third-order valence-corrected chi connectivity index (χ3v) is 4.53. The number of pyridine rings is 1. The van der Waals surface area contributed by atoms with E-state index in [9.17, 15) is 4.79 Å². The second kappa shape index (κ2) is 9.69. The van der Waals surface area contributed by atoms with Crippen molar-refractivity contribution in [2.45, 2.75) is 20.8 Å². The molecule has 2 heterocycles. The van der Waals surface area contributed by atoms with Crippen LogP contribution in [0, 0.1) is 6.92 Å². The highest BCUT2D eigenvalue weighted by molar-refractivity contribution is 6.04. The summed E-state index contributed by atoms with van der Waals surface area (Å²) in [6.07, 6.45) is 1.54. The zero-order chi connectivity index (χ0) is 21.5. The van der Waals surface area contributed by atoms with Gasteiger partial charge in [-0.2, -0.15) is 0 Å². The lowest BCUT2D eigenvalue weighted by atomic mass is 10.2. The highest BCUT2D eigenvalue weighted by Crippen LogP contribution is 2.21. The Kier molecular flexibility index (Phi) is 6.79. The monoisotopic (exact) mass is 406 g/mol. The van der Waals surface area contributed by atoms with E-state index in [-0.39, 0.29) is 5.91 Å². The van der Waals surface area contributed by atoms with Gasteiger partial charge in [-0.3, -0.25) is 4.79 Å². The standard InChI is InChI=1S/C22H26N6O2/c1-5-28(6-2)20-14-19(24-15(3)25-20)26-17-7-9-18(10-8-17)27-22(29)16-11-12-23-21(13-16)30-4/h7-14H,5-6H2,1-4H3,(H,27,29)(H,24,25,26). The molecular weight excluding hydrogens is 380 g/mol. The van der Waals surface area contributed by atoms with Crippen LogP contribution in [0.4, 0.5) is 23.0 Å². The molecule has 0 saturated heterocycles. The van der Waals surface area contributed by atoms with Crippen molar-refractivity contribution in [3.63, 3.8) is 0 Å². The van der Waals surface area contributed by atoms with Crippen molar-refractivity contribution in [2.75, 3.05) is 35.7 Å². The molecule has 0 fully saturated rings. The zero-order valence-corrected chi connectivity index (χ0v) is 17.6. The number of anilines is 4. The number of nitrogens with one attached hydrogen (secondary N) is 2. The van der Waals surface area contributed by atoms with E-state index in [1.807, 2.05) is 37.3 Å². The van der Waals surface area contributed by atoms with Crippen LogP contribution in [0.3, 0.4) is 0 Å². The molecule has 1 amide bonds. The minimum Gasteiger partial charge on any atom is -0.481 e. The van der Waals surface area contributed by atoms with Crippen LogP contribution >= 0.6 is 0 Å². The number of carbonyl (C=O) groups excluding carboxylic acids is 1. The summed E-state index contributed by atoms with van der Waals surface area (Å²) in [7, 11) is 1.51. The van der Waals surface area contributed by atoms with Crippen molar-refractivity contribution in [3.8, 4) is 5.88 Å². The van der Waals surface area contributed by atoms with Crippen LogP contribution in [0.1, 0.15) is 30.0 Å². The Morgan fingerprint density at radius 2 is 1.73 bits per heavy atom. The first kappa shape index (κ1) is 21.0. The molecule has 0 bridgehead atoms. The molecule has 2 aromatic heterocycles. The van der Waals surface area contributed by atoms with E-state index in [1.165, 1.54) is 13.3 Å². The van der Waals surface area contributed by atoms with E-state index in [2.05, 4.69) is 44.3 Å². The molecule has 0 aliphatic carbocycles. The highest BCUT2D eigenvalue weighted by Gasteiger charge is 2.09. The van der Waals surface area contributed by atoms with Crippen LogP contribution < -0.4 is 20.3 Å². The molecule has 0 aliphatic rings. The quantitative estimate of drug-likeness (QED) is 0.583. The average molecular weight is 406 g/mol. The van der Waals surface area contributed by atoms with Gasteiger partial charge in [0.1, 0.15) is 17.5 Å². The smallest absolute Gasteiger partial charge is 0.255 e. The van der Waals surface area contributed by atoms with Crippen molar-refractivity contribution in [2.24, 2.45) is 0 Å². The fourth-order valence-electron chi connectivity index (χ4n) is 2.98. The van der Waals surface area contributed by atoms with Gasteiger partial charge in [0.25, 0.3) is 5.91 Å². The predicted molar refractivity (Wildman–Crippen MR) is 119 cm³/mol. The minimum atomic E-state index is -0.230. The summed E-state index contributed by atoms with van der Waals surface area (Å²) in [4.78, 5) is 27.6. The molecule has 0 unspecified atom stereocenters. The van der Waals surface area contributed by atoms with Crippen LogP contribution in [0.25, 0.3) is 0 Å². The SMILES string of the molecule is CCN(CC)c1cc(Nc2ccc(NC(=O)c3ccnc(OC)c3)cc2)nc(C)n1. The molecule has 2 N–H and O–H groups in total. The molecule has 1 aromatic carbocycles. The van der Waals surface area contributed by atoms with Gasteiger partial charge in [0.15, 0.2) is 0 Å². The molecular formula is C22H26N6O2. The molecule has 0 aliphatic heterocycles. The molecule has 3 rings (SSSR count). The van der Waals surface area contributed by atoms with Crippen LogP contribution in [-0.2, 0) is 0 Å². The maximum atomic E-state index is 12.4. The number of hydrogen-bond donors (Lipinski definition) is 2.